The molecule has 1 fully saturated rings. The van der Waals surface area contributed by atoms with Crippen LogP contribution in [0.4, 0.5) is 0 Å². The van der Waals surface area contributed by atoms with Crippen molar-refractivity contribution in [1.29, 1.82) is 0 Å². The van der Waals surface area contributed by atoms with Crippen LogP contribution >= 0.6 is 12.2 Å². The normalized spacial score (nSPS) is 28.8. The predicted octanol–water partition coefficient (Wildman–Crippen LogP) is 4.84. The fraction of sp³-hybridized carbons (Fsp3) is 0.800. The molecule has 0 bridgehead atoms. The van der Waals surface area contributed by atoms with E-state index >= 15 is 0 Å². The number of imidazole rings is 1. The molecule has 0 aliphatic heterocycles. The second kappa shape index (κ2) is 4.84. The fourth-order valence-corrected chi connectivity index (χ4v) is 3.74. The van der Waals surface area contributed by atoms with E-state index in [-0.39, 0.29) is 5.41 Å². The minimum Gasteiger partial charge on any atom is -0.337 e. The third kappa shape index (κ3) is 2.29. The van der Waals surface area contributed by atoms with Gasteiger partial charge in [0.25, 0.3) is 0 Å². The summed E-state index contributed by atoms with van der Waals surface area (Å²) in [6.45, 7) is 11.5. The number of aromatic nitrogens is 2. The Kier molecular flexibility index (Phi) is 3.72. The zero-order valence-corrected chi connectivity index (χ0v) is 13.1. The summed E-state index contributed by atoms with van der Waals surface area (Å²) in [6, 6.07) is 0.586. The first-order valence-electron chi connectivity index (χ1n) is 7.16. The Bertz CT molecular complexity index is 464. The van der Waals surface area contributed by atoms with Crippen LogP contribution in [0.15, 0.2) is 6.20 Å². The van der Waals surface area contributed by atoms with E-state index in [9.17, 15) is 0 Å². The molecule has 0 radical (unpaired) electrons. The average molecular weight is 266 g/mol. The molecule has 2 nitrogen and oxygen atoms in total. The molecule has 3 atom stereocenters. The van der Waals surface area contributed by atoms with Gasteiger partial charge in [0.15, 0.2) is 4.77 Å². The van der Waals surface area contributed by atoms with Crippen molar-refractivity contribution >= 4 is 12.2 Å². The lowest BCUT2D eigenvalue weighted by Gasteiger charge is -2.28. The van der Waals surface area contributed by atoms with Crippen molar-refractivity contribution in [1.82, 2.24) is 9.55 Å². The maximum absolute atomic E-state index is 5.51. The Balaban J connectivity index is 2.40. The Labute approximate surface area is 116 Å². The number of aromatic amines is 1. The smallest absolute Gasteiger partial charge is 0.177 e. The first kappa shape index (κ1) is 13.9. The zero-order chi connectivity index (χ0) is 13.5. The van der Waals surface area contributed by atoms with E-state index in [0.717, 1.165) is 16.6 Å². The van der Waals surface area contributed by atoms with Crippen LogP contribution in [-0.4, -0.2) is 9.55 Å². The molecule has 2 rings (SSSR count). The molecule has 1 aromatic heterocycles. The lowest BCUT2D eigenvalue weighted by molar-refractivity contribution is 0.314. The number of hydrogen-bond acceptors (Lipinski definition) is 1. The molecule has 102 valence electrons. The Morgan fingerprint density at radius 1 is 1.39 bits per heavy atom. The fourth-order valence-electron chi connectivity index (χ4n) is 3.45. The lowest BCUT2D eigenvalue weighted by Crippen LogP contribution is -2.23. The van der Waals surface area contributed by atoms with Crippen molar-refractivity contribution in [3.63, 3.8) is 0 Å². The van der Waals surface area contributed by atoms with Crippen LogP contribution in [0.5, 0.6) is 0 Å². The summed E-state index contributed by atoms with van der Waals surface area (Å²) in [4.78, 5) is 3.25. The Hall–Kier alpha value is -0.570. The van der Waals surface area contributed by atoms with E-state index in [1.54, 1.807) is 0 Å². The quantitative estimate of drug-likeness (QED) is 0.760. The number of nitrogens with one attached hydrogen (secondary N) is 1. The molecule has 0 spiro atoms. The Morgan fingerprint density at radius 2 is 2.06 bits per heavy atom. The van der Waals surface area contributed by atoms with Gasteiger partial charge in [-0.3, -0.25) is 0 Å². The van der Waals surface area contributed by atoms with E-state index in [4.69, 9.17) is 12.2 Å². The van der Waals surface area contributed by atoms with Gasteiger partial charge in [-0.15, -0.1) is 0 Å². The summed E-state index contributed by atoms with van der Waals surface area (Å²) in [5, 5.41) is 0. The van der Waals surface area contributed by atoms with Gasteiger partial charge in [0.2, 0.25) is 0 Å². The highest BCUT2D eigenvalue weighted by atomic mass is 32.1. The van der Waals surface area contributed by atoms with Crippen LogP contribution in [-0.2, 0) is 5.41 Å². The molecule has 1 aliphatic rings. The maximum Gasteiger partial charge on any atom is 0.177 e. The van der Waals surface area contributed by atoms with E-state index in [1.165, 1.54) is 25.0 Å². The minimum absolute atomic E-state index is 0.150. The molecular weight excluding hydrogens is 240 g/mol. The van der Waals surface area contributed by atoms with E-state index < -0.39 is 0 Å². The number of nitrogens with zero attached hydrogens (tertiary/aromatic N) is 1. The van der Waals surface area contributed by atoms with Gasteiger partial charge in [0.1, 0.15) is 0 Å². The highest BCUT2D eigenvalue weighted by molar-refractivity contribution is 7.71. The van der Waals surface area contributed by atoms with Gasteiger partial charge in [-0.2, -0.15) is 0 Å². The lowest BCUT2D eigenvalue weighted by atomic mass is 9.90. The van der Waals surface area contributed by atoms with Crippen molar-refractivity contribution in [3.8, 4) is 0 Å². The second-order valence-electron chi connectivity index (χ2n) is 6.77. The molecule has 1 saturated carbocycles. The molecule has 3 heteroatoms. The van der Waals surface area contributed by atoms with Gasteiger partial charge in [-0.1, -0.05) is 41.0 Å². The largest absolute Gasteiger partial charge is 0.337 e. The first-order chi connectivity index (χ1) is 8.36. The van der Waals surface area contributed by atoms with Gasteiger partial charge in [0, 0.05) is 23.3 Å². The van der Waals surface area contributed by atoms with Crippen LogP contribution in [0.2, 0.25) is 0 Å². The molecule has 1 N–H and O–H groups in total. The molecule has 0 saturated heterocycles. The van der Waals surface area contributed by atoms with Gasteiger partial charge >= 0.3 is 0 Å². The van der Waals surface area contributed by atoms with Gasteiger partial charge in [-0.05, 0) is 36.9 Å². The third-order valence-corrected chi connectivity index (χ3v) is 4.93. The van der Waals surface area contributed by atoms with Crippen LogP contribution in [0.3, 0.4) is 0 Å². The summed E-state index contributed by atoms with van der Waals surface area (Å²) in [7, 11) is 0. The SMILES string of the molecule is CCC1CCC(n2c(C(C)(C)C)c[nH]c2=S)C1C. The summed E-state index contributed by atoms with van der Waals surface area (Å²) in [5.41, 5.74) is 1.50. The standard InChI is InChI=1S/C15H26N2S/c1-6-11-7-8-12(10(11)2)17-13(15(3,4)5)9-16-14(17)18/h9-12H,6-8H2,1-5H3,(H,16,18). The highest BCUT2D eigenvalue weighted by Gasteiger charge is 2.35. The highest BCUT2D eigenvalue weighted by Crippen LogP contribution is 2.43. The number of hydrogen-bond donors (Lipinski definition) is 1. The molecule has 3 unspecified atom stereocenters. The second-order valence-corrected chi connectivity index (χ2v) is 7.16. The van der Waals surface area contributed by atoms with Gasteiger partial charge < -0.3 is 9.55 Å². The summed E-state index contributed by atoms with van der Waals surface area (Å²) >= 11 is 5.51. The molecule has 0 amide bonds. The van der Waals surface area contributed by atoms with E-state index in [2.05, 4.69) is 50.4 Å². The molecule has 1 heterocycles. The summed E-state index contributed by atoms with van der Waals surface area (Å²) in [6.07, 6.45) is 6.02. The number of rotatable bonds is 2. The molecule has 0 aromatic carbocycles. The average Bonchev–Trinajstić information content (AvgIpc) is 2.81. The predicted molar refractivity (Wildman–Crippen MR) is 79.5 cm³/mol. The van der Waals surface area contributed by atoms with Crippen molar-refractivity contribution in [2.24, 2.45) is 11.8 Å². The zero-order valence-electron chi connectivity index (χ0n) is 12.3. The summed E-state index contributed by atoms with van der Waals surface area (Å²) < 4.78 is 3.30. The van der Waals surface area contributed by atoms with Crippen LogP contribution in [0, 0.1) is 16.6 Å². The molecule has 1 aliphatic carbocycles. The van der Waals surface area contributed by atoms with Crippen LogP contribution in [0.1, 0.15) is 65.6 Å². The van der Waals surface area contributed by atoms with Crippen molar-refractivity contribution in [2.45, 2.75) is 65.3 Å². The van der Waals surface area contributed by atoms with Gasteiger partial charge in [-0.25, -0.2) is 0 Å². The number of H-pyrrole nitrogens is 1. The van der Waals surface area contributed by atoms with E-state index in [0.29, 0.717) is 6.04 Å². The monoisotopic (exact) mass is 266 g/mol. The first-order valence-corrected chi connectivity index (χ1v) is 7.57. The van der Waals surface area contributed by atoms with Crippen molar-refractivity contribution in [3.05, 3.63) is 16.7 Å². The van der Waals surface area contributed by atoms with Crippen molar-refractivity contribution < 1.29 is 0 Å². The van der Waals surface area contributed by atoms with Crippen LogP contribution < -0.4 is 0 Å². The van der Waals surface area contributed by atoms with Gasteiger partial charge in [0.05, 0.1) is 0 Å². The van der Waals surface area contributed by atoms with E-state index in [1.807, 2.05) is 0 Å². The minimum atomic E-state index is 0.150. The maximum atomic E-state index is 5.51. The van der Waals surface area contributed by atoms with Crippen molar-refractivity contribution in [2.75, 3.05) is 0 Å². The summed E-state index contributed by atoms with van der Waals surface area (Å²) in [5.74, 6) is 1.60. The molecule has 18 heavy (non-hydrogen) atoms. The molecular formula is C15H26N2S. The molecule has 1 aromatic rings. The third-order valence-electron chi connectivity index (χ3n) is 4.62. The van der Waals surface area contributed by atoms with Crippen LogP contribution in [0.25, 0.3) is 0 Å². The Morgan fingerprint density at radius 3 is 2.56 bits per heavy atom. The topological polar surface area (TPSA) is 20.7 Å².